The van der Waals surface area contributed by atoms with E-state index in [9.17, 15) is 0 Å². The third-order valence-electron chi connectivity index (χ3n) is 3.87. The van der Waals surface area contributed by atoms with E-state index in [0.29, 0.717) is 12.0 Å². The molecule has 1 N–H and O–H groups in total. The number of nitrogens with one attached hydrogen (secondary N) is 1. The number of ether oxygens (including phenoxy) is 1. The predicted octanol–water partition coefficient (Wildman–Crippen LogP) is 3.07. The van der Waals surface area contributed by atoms with Gasteiger partial charge in [0.1, 0.15) is 0 Å². The fraction of sp³-hybridized carbons (Fsp3) is 1.00. The van der Waals surface area contributed by atoms with Gasteiger partial charge in [0.05, 0.1) is 6.61 Å². The molecule has 0 bridgehead atoms. The van der Waals surface area contributed by atoms with Crippen LogP contribution in [0.3, 0.4) is 0 Å². The summed E-state index contributed by atoms with van der Waals surface area (Å²) in [4.78, 5) is 0. The van der Waals surface area contributed by atoms with Crippen molar-refractivity contribution in [2.45, 2.75) is 59.5 Å². The predicted molar refractivity (Wildman–Crippen MR) is 69.6 cm³/mol. The molecule has 2 nitrogen and oxygen atoms in total. The molecule has 2 heteroatoms. The van der Waals surface area contributed by atoms with Crippen LogP contribution in [0.15, 0.2) is 0 Å². The molecule has 1 atom stereocenters. The molecule has 1 unspecified atom stereocenters. The molecule has 1 fully saturated rings. The molecule has 0 aromatic heterocycles. The van der Waals surface area contributed by atoms with Gasteiger partial charge in [-0.3, -0.25) is 0 Å². The average Bonchev–Trinajstić information content (AvgIpc) is 2.13. The van der Waals surface area contributed by atoms with Crippen LogP contribution in [-0.2, 0) is 4.74 Å². The van der Waals surface area contributed by atoms with Gasteiger partial charge in [-0.15, -0.1) is 0 Å². The zero-order chi connectivity index (χ0) is 12.1. The van der Waals surface area contributed by atoms with Crippen molar-refractivity contribution in [1.29, 1.82) is 0 Å². The van der Waals surface area contributed by atoms with Crippen LogP contribution in [0.5, 0.6) is 0 Å². The normalized spacial score (nSPS) is 27.2. The van der Waals surface area contributed by atoms with Crippen LogP contribution >= 0.6 is 0 Å². The molecular weight excluding hydrogens is 198 g/mol. The van der Waals surface area contributed by atoms with E-state index in [1.807, 2.05) is 0 Å². The molecule has 0 radical (unpaired) electrons. The second kappa shape index (κ2) is 6.61. The Balaban J connectivity index is 2.23. The van der Waals surface area contributed by atoms with Gasteiger partial charge >= 0.3 is 0 Å². The number of hydrogen-bond acceptors (Lipinski definition) is 2. The standard InChI is InChI=1S/C14H29NO/c1-6-16-9-14(11(4)5)15-13-7-12(8-13)10(2)3/h10-15H,6-9H2,1-5H3. The Bertz CT molecular complexity index is 185. The van der Waals surface area contributed by atoms with Gasteiger partial charge in [-0.2, -0.15) is 0 Å². The summed E-state index contributed by atoms with van der Waals surface area (Å²) in [6.45, 7) is 13.0. The van der Waals surface area contributed by atoms with Gasteiger partial charge in [-0.05, 0) is 37.5 Å². The Labute approximate surface area is 101 Å². The van der Waals surface area contributed by atoms with E-state index in [1.165, 1.54) is 12.8 Å². The van der Waals surface area contributed by atoms with Crippen LogP contribution < -0.4 is 5.32 Å². The monoisotopic (exact) mass is 227 g/mol. The van der Waals surface area contributed by atoms with Gasteiger partial charge in [0, 0.05) is 18.7 Å². The Morgan fingerprint density at radius 3 is 2.25 bits per heavy atom. The lowest BCUT2D eigenvalue weighted by Gasteiger charge is -2.41. The largest absolute Gasteiger partial charge is 0.380 e. The van der Waals surface area contributed by atoms with Crippen molar-refractivity contribution in [3.05, 3.63) is 0 Å². The van der Waals surface area contributed by atoms with E-state index >= 15 is 0 Å². The van der Waals surface area contributed by atoms with E-state index in [0.717, 1.165) is 31.1 Å². The zero-order valence-corrected chi connectivity index (χ0v) is 11.6. The molecule has 1 rings (SSSR count). The maximum atomic E-state index is 5.54. The molecule has 96 valence electrons. The molecule has 1 saturated carbocycles. The lowest BCUT2D eigenvalue weighted by Crippen LogP contribution is -2.50. The first-order valence-electron chi connectivity index (χ1n) is 6.88. The Morgan fingerprint density at radius 2 is 1.81 bits per heavy atom. The van der Waals surface area contributed by atoms with Crippen molar-refractivity contribution in [1.82, 2.24) is 5.32 Å². The fourth-order valence-electron chi connectivity index (χ4n) is 2.32. The first-order valence-corrected chi connectivity index (χ1v) is 6.88. The summed E-state index contributed by atoms with van der Waals surface area (Å²) in [5, 5.41) is 3.75. The van der Waals surface area contributed by atoms with Crippen LogP contribution in [0, 0.1) is 17.8 Å². The number of hydrogen-bond donors (Lipinski definition) is 1. The van der Waals surface area contributed by atoms with Crippen molar-refractivity contribution in [2.75, 3.05) is 13.2 Å². The number of rotatable bonds is 7. The molecule has 0 saturated heterocycles. The maximum absolute atomic E-state index is 5.54. The van der Waals surface area contributed by atoms with Crippen molar-refractivity contribution in [2.24, 2.45) is 17.8 Å². The molecule has 0 spiro atoms. The molecule has 0 aliphatic heterocycles. The topological polar surface area (TPSA) is 21.3 Å². The summed E-state index contributed by atoms with van der Waals surface area (Å²) in [5.74, 6) is 2.45. The van der Waals surface area contributed by atoms with Crippen molar-refractivity contribution >= 4 is 0 Å². The Morgan fingerprint density at radius 1 is 1.19 bits per heavy atom. The van der Waals surface area contributed by atoms with E-state index < -0.39 is 0 Å². The van der Waals surface area contributed by atoms with Crippen LogP contribution in [0.2, 0.25) is 0 Å². The third kappa shape index (κ3) is 4.06. The second-order valence-corrected chi connectivity index (χ2v) is 5.85. The molecular formula is C14H29NO. The third-order valence-corrected chi connectivity index (χ3v) is 3.87. The average molecular weight is 227 g/mol. The highest BCUT2D eigenvalue weighted by Crippen LogP contribution is 2.34. The highest BCUT2D eigenvalue weighted by atomic mass is 16.5. The van der Waals surface area contributed by atoms with Gasteiger partial charge < -0.3 is 10.1 Å². The minimum absolute atomic E-state index is 0.526. The van der Waals surface area contributed by atoms with Gasteiger partial charge in [0.2, 0.25) is 0 Å². The summed E-state index contributed by atoms with van der Waals surface area (Å²) < 4.78 is 5.54. The smallest absolute Gasteiger partial charge is 0.0622 e. The minimum Gasteiger partial charge on any atom is -0.380 e. The highest BCUT2D eigenvalue weighted by Gasteiger charge is 2.32. The second-order valence-electron chi connectivity index (χ2n) is 5.85. The van der Waals surface area contributed by atoms with Crippen LogP contribution in [0.25, 0.3) is 0 Å². The van der Waals surface area contributed by atoms with Crippen LogP contribution in [-0.4, -0.2) is 25.3 Å². The van der Waals surface area contributed by atoms with Crippen molar-refractivity contribution in [3.63, 3.8) is 0 Å². The Kier molecular flexibility index (Phi) is 5.77. The molecule has 0 heterocycles. The van der Waals surface area contributed by atoms with E-state index in [2.05, 4.69) is 39.9 Å². The first-order chi connectivity index (χ1) is 7.54. The maximum Gasteiger partial charge on any atom is 0.0622 e. The molecule has 0 aromatic rings. The zero-order valence-electron chi connectivity index (χ0n) is 11.6. The van der Waals surface area contributed by atoms with Crippen LogP contribution in [0.1, 0.15) is 47.5 Å². The summed E-state index contributed by atoms with van der Waals surface area (Å²) in [7, 11) is 0. The van der Waals surface area contributed by atoms with E-state index in [1.54, 1.807) is 0 Å². The van der Waals surface area contributed by atoms with E-state index in [-0.39, 0.29) is 0 Å². The molecule has 1 aliphatic rings. The highest BCUT2D eigenvalue weighted by molar-refractivity contribution is 4.89. The SMILES string of the molecule is CCOCC(NC1CC(C(C)C)C1)C(C)C. The summed E-state index contributed by atoms with van der Waals surface area (Å²) >= 11 is 0. The first kappa shape index (κ1) is 14.0. The molecule has 1 aliphatic carbocycles. The molecule has 16 heavy (non-hydrogen) atoms. The van der Waals surface area contributed by atoms with Crippen LogP contribution in [0.4, 0.5) is 0 Å². The Hall–Kier alpha value is -0.0800. The van der Waals surface area contributed by atoms with E-state index in [4.69, 9.17) is 4.74 Å². The summed E-state index contributed by atoms with van der Waals surface area (Å²) in [5.41, 5.74) is 0. The summed E-state index contributed by atoms with van der Waals surface area (Å²) in [6, 6.07) is 1.26. The van der Waals surface area contributed by atoms with Gasteiger partial charge in [0.15, 0.2) is 0 Å². The molecule has 0 amide bonds. The lowest BCUT2D eigenvalue weighted by atomic mass is 9.73. The lowest BCUT2D eigenvalue weighted by molar-refractivity contribution is 0.0809. The minimum atomic E-state index is 0.526. The summed E-state index contributed by atoms with van der Waals surface area (Å²) in [6.07, 6.45) is 2.71. The van der Waals surface area contributed by atoms with Crippen molar-refractivity contribution in [3.8, 4) is 0 Å². The molecule has 0 aromatic carbocycles. The van der Waals surface area contributed by atoms with Gasteiger partial charge in [-0.1, -0.05) is 27.7 Å². The van der Waals surface area contributed by atoms with Crippen molar-refractivity contribution < 1.29 is 4.74 Å². The van der Waals surface area contributed by atoms with Gasteiger partial charge in [-0.25, -0.2) is 0 Å². The fourth-order valence-corrected chi connectivity index (χ4v) is 2.32. The van der Waals surface area contributed by atoms with Gasteiger partial charge in [0.25, 0.3) is 0 Å². The quantitative estimate of drug-likeness (QED) is 0.721.